The van der Waals surface area contributed by atoms with Crippen molar-refractivity contribution in [2.24, 2.45) is 14.1 Å². The lowest BCUT2D eigenvalue weighted by atomic mass is 10.5. The first-order chi connectivity index (χ1) is 7.61. The van der Waals surface area contributed by atoms with Gasteiger partial charge in [-0.05, 0) is 6.07 Å². The Kier molecular flexibility index (Phi) is 4.20. The molecule has 0 bridgehead atoms. The van der Waals surface area contributed by atoms with Gasteiger partial charge in [0.1, 0.15) is 0 Å². The average molecular weight is 219 g/mol. The van der Waals surface area contributed by atoms with Crippen LogP contribution < -0.4 is 11.1 Å². The standard InChI is InChI=1S/C6H7NO.C5H6N2O/c1-7-5-3-2-4-6(7)8;1-7-4-6-3-2-5(7)8/h2-5H,1H3;2-4H,1H3. The smallest absolute Gasteiger partial charge is 0.252 e. The van der Waals surface area contributed by atoms with Crippen LogP contribution in [0.3, 0.4) is 0 Å². The van der Waals surface area contributed by atoms with Crippen LogP contribution >= 0.6 is 0 Å². The van der Waals surface area contributed by atoms with Crippen molar-refractivity contribution in [1.82, 2.24) is 14.1 Å². The highest BCUT2D eigenvalue weighted by Crippen LogP contribution is 1.73. The van der Waals surface area contributed by atoms with Crippen molar-refractivity contribution in [1.29, 1.82) is 0 Å². The lowest BCUT2D eigenvalue weighted by Gasteiger charge is -1.89. The second kappa shape index (κ2) is 5.65. The molecule has 84 valence electrons. The van der Waals surface area contributed by atoms with Gasteiger partial charge in [-0.1, -0.05) is 6.07 Å². The lowest BCUT2D eigenvalue weighted by Crippen LogP contribution is -2.13. The first-order valence-electron chi connectivity index (χ1n) is 4.69. The number of hydrogen-bond acceptors (Lipinski definition) is 3. The SMILES string of the molecule is Cn1ccccc1=O.Cn1cnccc1=O. The van der Waals surface area contributed by atoms with E-state index in [1.165, 1.54) is 33.8 Å². The molecule has 16 heavy (non-hydrogen) atoms. The molecule has 0 amide bonds. The molecule has 0 fully saturated rings. The zero-order chi connectivity index (χ0) is 12.0. The molecule has 5 heteroatoms. The van der Waals surface area contributed by atoms with Crippen LogP contribution in [0.5, 0.6) is 0 Å². The summed E-state index contributed by atoms with van der Waals surface area (Å²) in [5.41, 5.74) is 0.00694. The number of pyridine rings is 1. The van der Waals surface area contributed by atoms with Crippen molar-refractivity contribution in [3.8, 4) is 0 Å². The molecular weight excluding hydrogens is 206 g/mol. The van der Waals surface area contributed by atoms with E-state index in [2.05, 4.69) is 4.98 Å². The molecule has 2 rings (SSSR count). The van der Waals surface area contributed by atoms with Crippen LogP contribution in [0, 0.1) is 0 Å². The summed E-state index contributed by atoms with van der Waals surface area (Å²) in [7, 11) is 3.39. The fraction of sp³-hybridized carbons (Fsp3) is 0.182. The van der Waals surface area contributed by atoms with Crippen molar-refractivity contribution in [2.75, 3.05) is 0 Å². The summed E-state index contributed by atoms with van der Waals surface area (Å²) < 4.78 is 2.94. The maximum Gasteiger partial charge on any atom is 0.252 e. The average Bonchev–Trinajstić information content (AvgIpc) is 2.28. The van der Waals surface area contributed by atoms with E-state index in [0.29, 0.717) is 0 Å². The topological polar surface area (TPSA) is 56.9 Å². The second-order valence-electron chi connectivity index (χ2n) is 3.18. The van der Waals surface area contributed by atoms with Gasteiger partial charge in [-0.3, -0.25) is 9.59 Å². The van der Waals surface area contributed by atoms with Gasteiger partial charge in [0.2, 0.25) is 5.56 Å². The Balaban J connectivity index is 0.000000160. The largest absolute Gasteiger partial charge is 0.319 e. The summed E-state index contributed by atoms with van der Waals surface area (Å²) in [6.45, 7) is 0. The molecular formula is C11H13N3O2. The van der Waals surface area contributed by atoms with E-state index in [-0.39, 0.29) is 11.1 Å². The van der Waals surface area contributed by atoms with Gasteiger partial charge in [-0.15, -0.1) is 0 Å². The summed E-state index contributed by atoms with van der Waals surface area (Å²) in [5.74, 6) is 0. The molecule has 2 heterocycles. The van der Waals surface area contributed by atoms with E-state index < -0.39 is 0 Å². The fourth-order valence-electron chi connectivity index (χ4n) is 0.927. The van der Waals surface area contributed by atoms with E-state index in [4.69, 9.17) is 0 Å². The molecule has 0 unspecified atom stereocenters. The van der Waals surface area contributed by atoms with Crippen LogP contribution in [0.15, 0.2) is 52.6 Å². The first kappa shape index (κ1) is 11.9. The highest BCUT2D eigenvalue weighted by Gasteiger charge is 1.80. The molecule has 5 nitrogen and oxygen atoms in total. The van der Waals surface area contributed by atoms with Gasteiger partial charge < -0.3 is 9.13 Å². The Labute approximate surface area is 92.6 Å². The fourth-order valence-corrected chi connectivity index (χ4v) is 0.927. The van der Waals surface area contributed by atoms with Crippen LogP contribution in [0.25, 0.3) is 0 Å². The minimum atomic E-state index is -0.0278. The maximum absolute atomic E-state index is 10.6. The Bertz CT molecular complexity index is 506. The van der Waals surface area contributed by atoms with Gasteiger partial charge in [-0.25, -0.2) is 4.98 Å². The zero-order valence-corrected chi connectivity index (χ0v) is 9.20. The molecule has 2 aromatic rings. The van der Waals surface area contributed by atoms with E-state index in [9.17, 15) is 9.59 Å². The molecule has 0 aliphatic rings. The van der Waals surface area contributed by atoms with Gasteiger partial charge >= 0.3 is 0 Å². The number of aromatic nitrogens is 3. The third-order valence-electron chi connectivity index (χ3n) is 1.90. The summed E-state index contributed by atoms with van der Waals surface area (Å²) in [5, 5.41) is 0. The van der Waals surface area contributed by atoms with Crippen LogP contribution in [-0.2, 0) is 14.1 Å². The molecule has 0 spiro atoms. The molecule has 0 saturated carbocycles. The summed E-state index contributed by atoms with van der Waals surface area (Å²) in [6.07, 6.45) is 4.67. The normalized spacial score (nSPS) is 9.12. The third kappa shape index (κ3) is 3.53. The third-order valence-corrected chi connectivity index (χ3v) is 1.90. The van der Waals surface area contributed by atoms with Gasteiger partial charge in [-0.2, -0.15) is 0 Å². The summed E-state index contributed by atoms with van der Waals surface area (Å²) in [4.78, 5) is 24.8. The van der Waals surface area contributed by atoms with E-state index >= 15 is 0 Å². The highest BCUT2D eigenvalue weighted by atomic mass is 16.1. The Morgan fingerprint density at radius 1 is 1.00 bits per heavy atom. The zero-order valence-electron chi connectivity index (χ0n) is 9.20. The van der Waals surface area contributed by atoms with E-state index in [1.807, 2.05) is 6.07 Å². The van der Waals surface area contributed by atoms with Gasteiger partial charge in [0.15, 0.2) is 0 Å². The monoisotopic (exact) mass is 219 g/mol. The highest BCUT2D eigenvalue weighted by molar-refractivity contribution is 4.91. The molecule has 0 radical (unpaired) electrons. The van der Waals surface area contributed by atoms with Crippen molar-refractivity contribution in [3.05, 3.63) is 63.7 Å². The number of rotatable bonds is 0. The summed E-state index contributed by atoms with van der Waals surface area (Å²) >= 11 is 0. The van der Waals surface area contributed by atoms with Crippen LogP contribution in [0.1, 0.15) is 0 Å². The van der Waals surface area contributed by atoms with Crippen LogP contribution in [0.4, 0.5) is 0 Å². The van der Waals surface area contributed by atoms with Gasteiger partial charge in [0.25, 0.3) is 5.56 Å². The Morgan fingerprint density at radius 3 is 2.06 bits per heavy atom. The number of aryl methyl sites for hydroxylation is 2. The predicted molar refractivity (Wildman–Crippen MR) is 61.2 cm³/mol. The number of nitrogens with zero attached hydrogens (tertiary/aromatic N) is 3. The molecule has 0 saturated heterocycles. The molecule has 2 aromatic heterocycles. The maximum atomic E-state index is 10.6. The van der Waals surface area contributed by atoms with Crippen molar-refractivity contribution in [3.63, 3.8) is 0 Å². The van der Waals surface area contributed by atoms with Gasteiger partial charge in [0.05, 0.1) is 6.33 Å². The minimum Gasteiger partial charge on any atom is -0.319 e. The van der Waals surface area contributed by atoms with Crippen molar-refractivity contribution >= 4 is 0 Å². The molecule has 0 aliphatic heterocycles. The summed E-state index contributed by atoms with van der Waals surface area (Å²) in [6, 6.07) is 6.49. The predicted octanol–water partition coefficient (Wildman–Crippen LogP) is 0.166. The molecule has 0 aliphatic carbocycles. The van der Waals surface area contributed by atoms with E-state index in [1.54, 1.807) is 26.4 Å². The quantitative estimate of drug-likeness (QED) is 0.634. The minimum absolute atomic E-state index is 0.0278. The lowest BCUT2D eigenvalue weighted by molar-refractivity contribution is 0.824. The second-order valence-corrected chi connectivity index (χ2v) is 3.18. The van der Waals surface area contributed by atoms with Crippen LogP contribution in [-0.4, -0.2) is 14.1 Å². The van der Waals surface area contributed by atoms with E-state index in [0.717, 1.165) is 0 Å². The van der Waals surface area contributed by atoms with Crippen molar-refractivity contribution in [2.45, 2.75) is 0 Å². The molecule has 0 N–H and O–H groups in total. The Morgan fingerprint density at radius 2 is 1.69 bits per heavy atom. The van der Waals surface area contributed by atoms with Crippen molar-refractivity contribution < 1.29 is 0 Å². The van der Waals surface area contributed by atoms with Gasteiger partial charge in [0, 0.05) is 38.6 Å². The Hall–Kier alpha value is -2.17. The van der Waals surface area contributed by atoms with Crippen LogP contribution in [0.2, 0.25) is 0 Å². The molecule has 0 aromatic carbocycles. The molecule has 0 atom stereocenters. The number of hydrogen-bond donors (Lipinski definition) is 0. The first-order valence-corrected chi connectivity index (χ1v) is 4.69.